The standard InChI is InChI=1S/C27H36ClN7O3.C7H15NO/c1-18(10-31-17-29)38-25-9-20(7-8-23(25)28)21-11-33-27(34-12-21)35-24(13-32-22-5-3-2-4-6-22)26(30)37-16-19-14-36-15-19;1-6-4-8(3)5-7(2)9-6/h7-9,11-13,17-19,22H,2-6,10,14-16,30H2,1H3,(H2,29,31)(H,33,34,35);6-7H,4-5H2,1-3H3/b26-24-,32-13?;/t18-;/m0./s1. The van der Waals surface area contributed by atoms with Crippen LogP contribution in [0.1, 0.15) is 52.9 Å². The summed E-state index contributed by atoms with van der Waals surface area (Å²) in [6.07, 6.45) is 12.9. The van der Waals surface area contributed by atoms with E-state index >= 15 is 0 Å². The van der Waals surface area contributed by atoms with Gasteiger partial charge in [0.1, 0.15) is 17.6 Å². The van der Waals surface area contributed by atoms with Gasteiger partial charge in [0.25, 0.3) is 0 Å². The second kappa shape index (κ2) is 18.8. The smallest absolute Gasteiger partial charge is 0.227 e. The van der Waals surface area contributed by atoms with Crippen molar-refractivity contribution < 1.29 is 18.9 Å². The number of likely N-dealkylation sites (N-methyl/N-ethyl adjacent to an activating group) is 1. The first-order chi connectivity index (χ1) is 22.7. The van der Waals surface area contributed by atoms with Gasteiger partial charge in [-0.15, -0.1) is 0 Å². The number of ether oxygens (including phenoxy) is 4. The molecule has 0 amide bonds. The highest BCUT2D eigenvalue weighted by molar-refractivity contribution is 6.32. The average molecular weight is 671 g/mol. The molecule has 0 spiro atoms. The van der Waals surface area contributed by atoms with Crippen LogP contribution >= 0.6 is 11.6 Å². The highest BCUT2D eigenvalue weighted by Gasteiger charge is 2.20. The Morgan fingerprint density at radius 2 is 1.83 bits per heavy atom. The third-order valence-corrected chi connectivity index (χ3v) is 8.31. The number of anilines is 1. The van der Waals surface area contributed by atoms with Crippen molar-refractivity contribution in [2.24, 2.45) is 27.4 Å². The van der Waals surface area contributed by atoms with Crippen LogP contribution in [0.15, 0.2) is 52.2 Å². The molecule has 3 heterocycles. The summed E-state index contributed by atoms with van der Waals surface area (Å²) in [7, 11) is 2.13. The molecule has 3 atom stereocenters. The third kappa shape index (κ3) is 12.3. The zero-order valence-corrected chi connectivity index (χ0v) is 28.9. The molecule has 1 saturated carbocycles. The number of aromatic nitrogens is 2. The molecule has 1 aromatic heterocycles. The normalized spacial score (nSPS) is 22.2. The van der Waals surface area contributed by atoms with Gasteiger partial charge in [0.05, 0.1) is 62.2 Å². The van der Waals surface area contributed by atoms with Crippen molar-refractivity contribution in [1.29, 1.82) is 0 Å². The molecule has 5 N–H and O–H groups in total. The molecule has 12 nitrogen and oxygen atoms in total. The lowest BCUT2D eigenvalue weighted by molar-refractivity contribution is -0.0616. The molecule has 13 heteroatoms. The summed E-state index contributed by atoms with van der Waals surface area (Å²) >= 11 is 6.34. The van der Waals surface area contributed by atoms with Gasteiger partial charge in [-0.2, -0.15) is 0 Å². The zero-order chi connectivity index (χ0) is 33.6. The van der Waals surface area contributed by atoms with Crippen molar-refractivity contribution in [3.8, 4) is 16.9 Å². The minimum absolute atomic E-state index is 0.185. The Bertz CT molecular complexity index is 1310. The highest BCUT2D eigenvalue weighted by Crippen LogP contribution is 2.31. The van der Waals surface area contributed by atoms with E-state index < -0.39 is 0 Å². The Morgan fingerprint density at radius 1 is 1.13 bits per heavy atom. The monoisotopic (exact) mass is 670 g/mol. The van der Waals surface area contributed by atoms with E-state index in [1.165, 1.54) is 25.6 Å². The topological polar surface area (TPSA) is 155 Å². The van der Waals surface area contributed by atoms with Crippen LogP contribution in [0.25, 0.3) is 11.1 Å². The van der Waals surface area contributed by atoms with Crippen molar-refractivity contribution in [3.05, 3.63) is 47.2 Å². The molecule has 1 aliphatic carbocycles. The van der Waals surface area contributed by atoms with E-state index in [9.17, 15) is 0 Å². The lowest BCUT2D eigenvalue weighted by atomic mass is 9.96. The fraction of sp³-hybridized carbons (Fsp3) is 0.588. The maximum Gasteiger partial charge on any atom is 0.227 e. The summed E-state index contributed by atoms with van der Waals surface area (Å²) in [4.78, 5) is 20.1. The molecule has 3 aliphatic rings. The predicted octanol–water partition coefficient (Wildman–Crippen LogP) is 4.88. The van der Waals surface area contributed by atoms with E-state index in [0.29, 0.717) is 73.0 Å². The molecule has 2 saturated heterocycles. The number of allylic oxidation sites excluding steroid dienone is 1. The van der Waals surface area contributed by atoms with Crippen LogP contribution in [-0.4, -0.2) is 98.3 Å². The zero-order valence-electron chi connectivity index (χ0n) is 28.1. The van der Waals surface area contributed by atoms with E-state index in [0.717, 1.165) is 37.1 Å². The number of nitrogens with one attached hydrogen (secondary N) is 1. The van der Waals surface area contributed by atoms with Gasteiger partial charge < -0.3 is 40.6 Å². The molecule has 5 rings (SSSR count). The number of hydrogen-bond donors (Lipinski definition) is 3. The molecule has 2 aromatic rings. The van der Waals surface area contributed by atoms with Crippen molar-refractivity contribution >= 4 is 30.1 Å². The number of nitrogens with zero attached hydrogens (tertiary/aromatic N) is 5. The van der Waals surface area contributed by atoms with Gasteiger partial charge in [0.15, 0.2) is 0 Å². The molecule has 47 heavy (non-hydrogen) atoms. The summed E-state index contributed by atoms with van der Waals surface area (Å²) in [6, 6.07) is 5.82. The molecule has 258 valence electrons. The molecule has 0 bridgehead atoms. The maximum absolute atomic E-state index is 6.34. The van der Waals surface area contributed by atoms with Gasteiger partial charge in [-0.1, -0.05) is 36.9 Å². The van der Waals surface area contributed by atoms with Crippen LogP contribution in [0.2, 0.25) is 5.02 Å². The fourth-order valence-corrected chi connectivity index (χ4v) is 5.73. The van der Waals surface area contributed by atoms with Crippen LogP contribution < -0.4 is 21.5 Å². The van der Waals surface area contributed by atoms with Crippen LogP contribution in [0.3, 0.4) is 0 Å². The summed E-state index contributed by atoms with van der Waals surface area (Å²) < 4.78 is 22.5. The lowest BCUT2D eigenvalue weighted by Gasteiger charge is -2.32. The number of nitrogens with two attached hydrogens (primary N) is 2. The molecule has 1 aromatic carbocycles. The Hall–Kier alpha value is -3.45. The van der Waals surface area contributed by atoms with Crippen LogP contribution in [-0.2, 0) is 14.2 Å². The second-order valence-corrected chi connectivity index (χ2v) is 13.0. The fourth-order valence-electron chi connectivity index (χ4n) is 5.57. The number of aliphatic imine (C=N–C) groups is 2. The average Bonchev–Trinajstić information content (AvgIpc) is 3.03. The molecular weight excluding hydrogens is 620 g/mol. The maximum atomic E-state index is 6.34. The van der Waals surface area contributed by atoms with Crippen LogP contribution in [0, 0.1) is 5.92 Å². The number of halogens is 1. The largest absolute Gasteiger partial charge is 0.487 e. The summed E-state index contributed by atoms with van der Waals surface area (Å²) in [6.45, 7) is 10.6. The molecule has 2 unspecified atom stereocenters. The van der Waals surface area contributed by atoms with Gasteiger partial charge in [0.2, 0.25) is 11.8 Å². The minimum atomic E-state index is -0.185. The van der Waals surface area contributed by atoms with Crippen LogP contribution in [0.5, 0.6) is 5.75 Å². The van der Waals surface area contributed by atoms with Gasteiger partial charge in [-0.3, -0.25) is 9.98 Å². The Balaban J connectivity index is 0.000000479. The number of hydrogen-bond acceptors (Lipinski definition) is 11. The molecule has 2 aliphatic heterocycles. The van der Waals surface area contributed by atoms with Crippen molar-refractivity contribution in [2.75, 3.05) is 51.8 Å². The third-order valence-electron chi connectivity index (χ3n) is 8.00. The highest BCUT2D eigenvalue weighted by atomic mass is 35.5. The van der Waals surface area contributed by atoms with Gasteiger partial charge in [-0.05, 0) is 58.4 Å². The van der Waals surface area contributed by atoms with Crippen LogP contribution in [0.4, 0.5) is 5.95 Å². The molecule has 0 radical (unpaired) electrons. The summed E-state index contributed by atoms with van der Waals surface area (Å²) in [5.41, 5.74) is 13.8. The summed E-state index contributed by atoms with van der Waals surface area (Å²) in [5.74, 6) is 1.55. The SMILES string of the molecule is CC1CN(C)CC(C)O1.C[C@@H](CN=CN)Oc1cc(-c2cnc(N/C(C=NC3CCCCC3)=C(/N)OCC3COC3)nc2)ccc1Cl. The van der Waals surface area contributed by atoms with Gasteiger partial charge >= 0.3 is 0 Å². The number of benzene rings is 1. The Morgan fingerprint density at radius 3 is 2.45 bits per heavy atom. The number of morpholine rings is 1. The van der Waals surface area contributed by atoms with E-state index in [1.54, 1.807) is 24.7 Å². The van der Waals surface area contributed by atoms with E-state index in [2.05, 4.69) is 46.1 Å². The van der Waals surface area contributed by atoms with Crippen molar-refractivity contribution in [2.45, 2.75) is 77.2 Å². The van der Waals surface area contributed by atoms with Gasteiger partial charge in [-0.25, -0.2) is 9.97 Å². The number of rotatable bonds is 12. The Labute approximate surface area is 284 Å². The quantitative estimate of drug-likeness (QED) is 0.162. The molecular formula is C34H51ClN8O4. The lowest BCUT2D eigenvalue weighted by Crippen LogP contribution is -2.42. The predicted molar refractivity (Wildman–Crippen MR) is 188 cm³/mol. The van der Waals surface area contributed by atoms with E-state index in [-0.39, 0.29) is 12.0 Å². The first-order valence-electron chi connectivity index (χ1n) is 16.5. The minimum Gasteiger partial charge on any atom is -0.487 e. The van der Waals surface area contributed by atoms with Crippen molar-refractivity contribution in [1.82, 2.24) is 14.9 Å². The summed E-state index contributed by atoms with van der Waals surface area (Å²) in [5, 5.41) is 3.69. The van der Waals surface area contributed by atoms with Crippen molar-refractivity contribution in [3.63, 3.8) is 0 Å². The van der Waals surface area contributed by atoms with Gasteiger partial charge in [0, 0.05) is 37.0 Å². The second-order valence-electron chi connectivity index (χ2n) is 12.5. The Kier molecular flexibility index (Phi) is 14.5. The van der Waals surface area contributed by atoms with E-state index in [1.807, 2.05) is 19.1 Å². The first-order valence-corrected chi connectivity index (χ1v) is 16.9. The first kappa shape index (κ1) is 36.4. The van der Waals surface area contributed by atoms with E-state index in [4.69, 9.17) is 47.0 Å². The molecule has 3 fully saturated rings.